The third-order valence-corrected chi connectivity index (χ3v) is 4.10. The molecule has 2 nitrogen and oxygen atoms in total. The second kappa shape index (κ2) is 5.00. The van der Waals surface area contributed by atoms with Crippen LogP contribution in [-0.2, 0) is 4.79 Å². The lowest BCUT2D eigenvalue weighted by atomic mass is 9.65. The van der Waals surface area contributed by atoms with Gasteiger partial charge in [-0.15, -0.1) is 0 Å². The molecule has 3 unspecified atom stereocenters. The second-order valence-corrected chi connectivity index (χ2v) is 5.44. The predicted molar refractivity (Wildman–Crippen MR) is 61.8 cm³/mol. The van der Waals surface area contributed by atoms with Gasteiger partial charge in [0.25, 0.3) is 0 Å². The van der Waals surface area contributed by atoms with E-state index in [4.69, 9.17) is 0 Å². The molecule has 1 fully saturated rings. The minimum absolute atomic E-state index is 0.388. The van der Waals surface area contributed by atoms with Crippen molar-refractivity contribution in [1.29, 1.82) is 0 Å². The molecule has 1 rings (SSSR count). The molecule has 1 N–H and O–H groups in total. The maximum absolute atomic E-state index is 11.4. The molecule has 0 amide bonds. The molecular formula is C13H24O2. The van der Waals surface area contributed by atoms with Crippen molar-refractivity contribution in [2.45, 2.75) is 59.3 Å². The van der Waals surface area contributed by atoms with Crippen molar-refractivity contribution >= 4 is 5.97 Å². The molecule has 0 bridgehead atoms. The van der Waals surface area contributed by atoms with E-state index in [1.807, 2.05) is 6.92 Å². The summed E-state index contributed by atoms with van der Waals surface area (Å²) in [5, 5.41) is 9.40. The van der Waals surface area contributed by atoms with Crippen LogP contribution >= 0.6 is 0 Å². The Morgan fingerprint density at radius 2 is 2.13 bits per heavy atom. The van der Waals surface area contributed by atoms with Crippen LogP contribution in [0.3, 0.4) is 0 Å². The Kier molecular flexibility index (Phi) is 4.18. The molecule has 0 aliphatic heterocycles. The van der Waals surface area contributed by atoms with E-state index in [-0.39, 0.29) is 0 Å². The van der Waals surface area contributed by atoms with Crippen LogP contribution in [0.1, 0.15) is 59.3 Å². The Labute approximate surface area is 93.1 Å². The normalized spacial score (nSPS) is 30.9. The van der Waals surface area contributed by atoms with E-state index < -0.39 is 11.4 Å². The van der Waals surface area contributed by atoms with Crippen molar-refractivity contribution in [2.75, 3.05) is 0 Å². The number of hydrogen-bond donors (Lipinski definition) is 1. The fourth-order valence-electron chi connectivity index (χ4n) is 3.02. The summed E-state index contributed by atoms with van der Waals surface area (Å²) in [5.74, 6) is 0.501. The highest BCUT2D eigenvalue weighted by molar-refractivity contribution is 5.74. The van der Waals surface area contributed by atoms with Crippen LogP contribution in [0.5, 0.6) is 0 Å². The monoisotopic (exact) mass is 212 g/mol. The van der Waals surface area contributed by atoms with E-state index in [0.717, 1.165) is 25.7 Å². The largest absolute Gasteiger partial charge is 0.481 e. The smallest absolute Gasteiger partial charge is 0.309 e. The highest BCUT2D eigenvalue weighted by atomic mass is 16.4. The zero-order valence-corrected chi connectivity index (χ0v) is 10.3. The van der Waals surface area contributed by atoms with Crippen LogP contribution in [-0.4, -0.2) is 11.1 Å². The summed E-state index contributed by atoms with van der Waals surface area (Å²) in [7, 11) is 0. The molecule has 0 aromatic rings. The van der Waals surface area contributed by atoms with Gasteiger partial charge in [-0.25, -0.2) is 0 Å². The van der Waals surface area contributed by atoms with E-state index in [1.54, 1.807) is 0 Å². The van der Waals surface area contributed by atoms with Crippen molar-refractivity contribution in [3.63, 3.8) is 0 Å². The number of carboxylic acids is 1. The molecule has 88 valence electrons. The van der Waals surface area contributed by atoms with Crippen LogP contribution in [0.15, 0.2) is 0 Å². The number of carbonyl (C=O) groups is 1. The van der Waals surface area contributed by atoms with Crippen molar-refractivity contribution in [1.82, 2.24) is 0 Å². The van der Waals surface area contributed by atoms with Gasteiger partial charge in [0, 0.05) is 0 Å². The lowest BCUT2D eigenvalue weighted by molar-refractivity contribution is -0.153. The average molecular weight is 212 g/mol. The summed E-state index contributed by atoms with van der Waals surface area (Å²) in [5.41, 5.74) is -0.483. The minimum Gasteiger partial charge on any atom is -0.481 e. The number of hydrogen-bond acceptors (Lipinski definition) is 1. The Hall–Kier alpha value is -0.530. The third-order valence-electron chi connectivity index (χ3n) is 4.10. The maximum atomic E-state index is 11.4. The quantitative estimate of drug-likeness (QED) is 0.771. The first-order chi connectivity index (χ1) is 7.00. The Morgan fingerprint density at radius 3 is 2.60 bits per heavy atom. The summed E-state index contributed by atoms with van der Waals surface area (Å²) < 4.78 is 0. The molecular weight excluding hydrogens is 188 g/mol. The van der Waals surface area contributed by atoms with Gasteiger partial charge in [0.15, 0.2) is 0 Å². The van der Waals surface area contributed by atoms with Gasteiger partial charge in [0.1, 0.15) is 0 Å². The van der Waals surface area contributed by atoms with Gasteiger partial charge in [-0.1, -0.05) is 33.1 Å². The van der Waals surface area contributed by atoms with Gasteiger partial charge >= 0.3 is 5.97 Å². The highest BCUT2D eigenvalue weighted by Crippen LogP contribution is 2.43. The van der Waals surface area contributed by atoms with Crippen LogP contribution in [0.4, 0.5) is 0 Å². The van der Waals surface area contributed by atoms with Gasteiger partial charge in [0.05, 0.1) is 5.41 Å². The Bertz CT molecular complexity index is 225. The molecule has 3 atom stereocenters. The van der Waals surface area contributed by atoms with Crippen molar-refractivity contribution in [3.05, 3.63) is 0 Å². The molecule has 2 heteroatoms. The average Bonchev–Trinajstić information content (AvgIpc) is 2.17. The molecule has 0 aromatic carbocycles. The number of rotatable bonds is 4. The Balaban J connectivity index is 2.74. The standard InChI is InChI=1S/C13H24O2/c1-4-8-13(3,12(14)15)11-7-5-6-10(2)9-11/h10-11H,4-9H2,1-3H3,(H,14,15). The van der Waals surface area contributed by atoms with Crippen LogP contribution < -0.4 is 0 Å². The van der Waals surface area contributed by atoms with E-state index in [9.17, 15) is 9.90 Å². The third kappa shape index (κ3) is 2.73. The zero-order valence-electron chi connectivity index (χ0n) is 10.3. The van der Waals surface area contributed by atoms with Gasteiger partial charge in [-0.2, -0.15) is 0 Å². The van der Waals surface area contributed by atoms with E-state index >= 15 is 0 Å². The number of aliphatic carboxylic acids is 1. The summed E-state index contributed by atoms with van der Waals surface area (Å²) in [6.07, 6.45) is 6.47. The van der Waals surface area contributed by atoms with Gasteiger partial charge in [0.2, 0.25) is 0 Å². The molecule has 0 aromatic heterocycles. The molecule has 15 heavy (non-hydrogen) atoms. The fraction of sp³-hybridized carbons (Fsp3) is 0.923. The first-order valence-corrected chi connectivity index (χ1v) is 6.24. The predicted octanol–water partition coefficient (Wildman–Crippen LogP) is 3.70. The molecule has 0 saturated heterocycles. The van der Waals surface area contributed by atoms with Gasteiger partial charge < -0.3 is 5.11 Å². The SMILES string of the molecule is CCCC(C)(C(=O)O)C1CCCC(C)C1. The second-order valence-electron chi connectivity index (χ2n) is 5.44. The highest BCUT2D eigenvalue weighted by Gasteiger charge is 2.41. The van der Waals surface area contributed by atoms with Crippen molar-refractivity contribution in [3.8, 4) is 0 Å². The molecule has 0 radical (unpaired) electrons. The molecule has 1 aliphatic rings. The Morgan fingerprint density at radius 1 is 1.47 bits per heavy atom. The van der Waals surface area contributed by atoms with Gasteiger partial charge in [-0.3, -0.25) is 4.79 Å². The molecule has 1 aliphatic carbocycles. The van der Waals surface area contributed by atoms with Crippen LogP contribution in [0, 0.1) is 17.3 Å². The van der Waals surface area contributed by atoms with E-state index in [1.165, 1.54) is 12.8 Å². The van der Waals surface area contributed by atoms with Gasteiger partial charge in [-0.05, 0) is 38.0 Å². The first kappa shape index (κ1) is 12.5. The summed E-state index contributed by atoms with van der Waals surface area (Å²) >= 11 is 0. The van der Waals surface area contributed by atoms with Crippen LogP contribution in [0.2, 0.25) is 0 Å². The summed E-state index contributed by atoms with van der Waals surface area (Å²) in [6.45, 7) is 6.27. The molecule has 0 heterocycles. The first-order valence-electron chi connectivity index (χ1n) is 6.24. The fourth-order valence-corrected chi connectivity index (χ4v) is 3.02. The lowest BCUT2D eigenvalue weighted by Gasteiger charge is -2.38. The topological polar surface area (TPSA) is 37.3 Å². The lowest BCUT2D eigenvalue weighted by Crippen LogP contribution is -2.38. The minimum atomic E-state index is -0.594. The zero-order chi connectivity index (χ0) is 11.5. The molecule has 1 saturated carbocycles. The maximum Gasteiger partial charge on any atom is 0.309 e. The van der Waals surface area contributed by atoms with E-state index in [2.05, 4.69) is 13.8 Å². The summed E-state index contributed by atoms with van der Waals surface area (Å²) in [4.78, 5) is 11.4. The summed E-state index contributed by atoms with van der Waals surface area (Å²) in [6, 6.07) is 0. The van der Waals surface area contributed by atoms with Crippen molar-refractivity contribution < 1.29 is 9.90 Å². The molecule has 0 spiro atoms. The van der Waals surface area contributed by atoms with E-state index in [0.29, 0.717) is 11.8 Å². The number of carboxylic acid groups (broad SMARTS) is 1. The van der Waals surface area contributed by atoms with Crippen molar-refractivity contribution in [2.24, 2.45) is 17.3 Å². The van der Waals surface area contributed by atoms with Crippen LogP contribution in [0.25, 0.3) is 0 Å².